The molecule has 2 heterocycles. The Hall–Kier alpha value is -1.33. The van der Waals surface area contributed by atoms with Gasteiger partial charge < -0.3 is 9.31 Å². The van der Waals surface area contributed by atoms with Gasteiger partial charge in [0.2, 0.25) is 0 Å². The average molecular weight is 286 g/mol. The van der Waals surface area contributed by atoms with Crippen molar-refractivity contribution in [3.05, 3.63) is 24.4 Å². The molecule has 0 N–H and O–H groups in total. The predicted octanol–water partition coefficient (Wildman–Crippen LogP) is 2.92. The van der Waals surface area contributed by atoms with Crippen molar-refractivity contribution in [2.75, 3.05) is 0 Å². The molecule has 1 fully saturated rings. The third-order valence-electron chi connectivity index (χ3n) is 4.60. The highest BCUT2D eigenvalue weighted by Gasteiger charge is 2.51. The molecule has 2 aromatic rings. The van der Waals surface area contributed by atoms with E-state index >= 15 is 0 Å². The van der Waals surface area contributed by atoms with Gasteiger partial charge in [-0.3, -0.25) is 4.68 Å². The quantitative estimate of drug-likeness (QED) is 0.796. The van der Waals surface area contributed by atoms with Crippen LogP contribution in [0.25, 0.3) is 10.9 Å². The minimum atomic E-state index is -0.318. The Labute approximate surface area is 126 Å². The largest absolute Gasteiger partial charge is 0.494 e. The highest BCUT2D eigenvalue weighted by Crippen LogP contribution is 2.36. The van der Waals surface area contributed by atoms with Gasteiger partial charge in [0, 0.05) is 17.6 Å². The summed E-state index contributed by atoms with van der Waals surface area (Å²) in [5.74, 6) is 0. The summed E-state index contributed by atoms with van der Waals surface area (Å²) in [6.07, 6.45) is 2.08. The van der Waals surface area contributed by atoms with E-state index in [-0.39, 0.29) is 18.3 Å². The van der Waals surface area contributed by atoms with Gasteiger partial charge >= 0.3 is 7.12 Å². The van der Waals surface area contributed by atoms with E-state index in [1.165, 1.54) is 0 Å². The molecule has 112 valence electrons. The van der Waals surface area contributed by atoms with Crippen molar-refractivity contribution < 1.29 is 9.31 Å². The summed E-state index contributed by atoms with van der Waals surface area (Å²) >= 11 is 0. The molecular weight excluding hydrogens is 263 g/mol. The summed E-state index contributed by atoms with van der Waals surface area (Å²) in [7, 11) is -0.318. The predicted molar refractivity (Wildman–Crippen MR) is 85.8 cm³/mol. The van der Waals surface area contributed by atoms with Gasteiger partial charge in [0.15, 0.2) is 0 Å². The van der Waals surface area contributed by atoms with E-state index in [2.05, 4.69) is 58.9 Å². The first-order valence-electron chi connectivity index (χ1n) is 7.54. The molecule has 0 saturated carbocycles. The van der Waals surface area contributed by atoms with Crippen LogP contribution in [-0.2, 0) is 9.31 Å². The van der Waals surface area contributed by atoms with Gasteiger partial charge in [-0.25, -0.2) is 0 Å². The van der Waals surface area contributed by atoms with Crippen LogP contribution in [0.4, 0.5) is 0 Å². The summed E-state index contributed by atoms with van der Waals surface area (Å²) in [5.41, 5.74) is 1.43. The zero-order chi connectivity index (χ0) is 15.4. The van der Waals surface area contributed by atoms with Gasteiger partial charge in [-0.15, -0.1) is 0 Å². The highest BCUT2D eigenvalue weighted by atomic mass is 16.7. The maximum atomic E-state index is 6.10. The smallest absolute Gasteiger partial charge is 0.399 e. The number of aromatic nitrogens is 2. The first-order chi connectivity index (χ1) is 9.69. The van der Waals surface area contributed by atoms with Crippen LogP contribution in [0.5, 0.6) is 0 Å². The number of rotatable bonds is 2. The lowest BCUT2D eigenvalue weighted by Crippen LogP contribution is -2.41. The Morgan fingerprint density at radius 1 is 1.10 bits per heavy atom. The first kappa shape index (κ1) is 14.6. The molecule has 1 aromatic carbocycles. The third-order valence-corrected chi connectivity index (χ3v) is 4.60. The molecule has 21 heavy (non-hydrogen) atoms. The SMILES string of the molecule is CC(C)n1cc2cc(B3OC(C)(C)C(C)(C)O3)ccc2n1. The van der Waals surface area contributed by atoms with Crippen LogP contribution in [0.1, 0.15) is 47.6 Å². The second kappa shape index (κ2) is 4.58. The molecule has 0 spiro atoms. The molecule has 0 bridgehead atoms. The van der Waals surface area contributed by atoms with Gasteiger partial charge in [-0.2, -0.15) is 5.10 Å². The van der Waals surface area contributed by atoms with Crippen LogP contribution in [0.2, 0.25) is 0 Å². The molecule has 0 amide bonds. The third kappa shape index (κ3) is 2.38. The van der Waals surface area contributed by atoms with Crippen LogP contribution >= 0.6 is 0 Å². The lowest BCUT2D eigenvalue weighted by molar-refractivity contribution is 0.00578. The Morgan fingerprint density at radius 3 is 2.29 bits per heavy atom. The number of nitrogens with zero attached hydrogens (tertiary/aromatic N) is 2. The van der Waals surface area contributed by atoms with Gasteiger partial charge in [0.1, 0.15) is 0 Å². The van der Waals surface area contributed by atoms with Gasteiger partial charge in [0.05, 0.1) is 16.7 Å². The molecule has 0 atom stereocenters. The molecule has 4 nitrogen and oxygen atoms in total. The zero-order valence-corrected chi connectivity index (χ0v) is 13.7. The topological polar surface area (TPSA) is 36.3 Å². The van der Waals surface area contributed by atoms with E-state index in [1.54, 1.807) is 0 Å². The monoisotopic (exact) mass is 286 g/mol. The van der Waals surface area contributed by atoms with E-state index in [4.69, 9.17) is 9.31 Å². The summed E-state index contributed by atoms with van der Waals surface area (Å²) < 4.78 is 14.2. The average Bonchev–Trinajstić information content (AvgIpc) is 2.88. The molecule has 1 aliphatic rings. The van der Waals surface area contributed by atoms with Gasteiger partial charge in [-0.05, 0) is 53.1 Å². The number of hydrogen-bond donors (Lipinski definition) is 0. The Bertz CT molecular complexity index is 660. The summed E-state index contributed by atoms with van der Waals surface area (Å²) in [4.78, 5) is 0. The minimum Gasteiger partial charge on any atom is -0.399 e. The van der Waals surface area contributed by atoms with Crippen molar-refractivity contribution >= 4 is 23.5 Å². The summed E-state index contributed by atoms with van der Waals surface area (Å²) in [6, 6.07) is 6.55. The van der Waals surface area contributed by atoms with E-state index in [1.807, 2.05) is 16.8 Å². The van der Waals surface area contributed by atoms with Crippen molar-refractivity contribution in [2.24, 2.45) is 0 Å². The Balaban J connectivity index is 1.95. The van der Waals surface area contributed by atoms with Crippen LogP contribution in [0, 0.1) is 0 Å². The Morgan fingerprint density at radius 2 is 1.71 bits per heavy atom. The normalized spacial score (nSPS) is 20.6. The molecule has 0 aliphatic carbocycles. The van der Waals surface area contributed by atoms with E-state index in [0.29, 0.717) is 6.04 Å². The summed E-state index contributed by atoms with van der Waals surface area (Å²) in [6.45, 7) is 12.5. The minimum absolute atomic E-state index is 0.311. The van der Waals surface area contributed by atoms with Crippen LogP contribution < -0.4 is 5.46 Å². The fraction of sp³-hybridized carbons (Fsp3) is 0.562. The second-order valence-electron chi connectivity index (χ2n) is 7.11. The lowest BCUT2D eigenvalue weighted by atomic mass is 9.79. The van der Waals surface area contributed by atoms with Crippen molar-refractivity contribution in [1.82, 2.24) is 9.78 Å². The molecule has 1 aromatic heterocycles. The van der Waals surface area contributed by atoms with Crippen molar-refractivity contribution in [3.63, 3.8) is 0 Å². The molecule has 1 saturated heterocycles. The first-order valence-corrected chi connectivity index (χ1v) is 7.54. The summed E-state index contributed by atoms with van der Waals surface area (Å²) in [5, 5.41) is 5.69. The van der Waals surface area contributed by atoms with E-state index in [9.17, 15) is 0 Å². The number of fused-ring (bicyclic) bond motifs is 1. The maximum Gasteiger partial charge on any atom is 0.494 e. The molecule has 5 heteroatoms. The second-order valence-corrected chi connectivity index (χ2v) is 7.11. The van der Waals surface area contributed by atoms with Gasteiger partial charge in [0.25, 0.3) is 0 Å². The Kier molecular flexibility index (Phi) is 3.19. The van der Waals surface area contributed by atoms with Crippen LogP contribution in [0.3, 0.4) is 0 Å². The maximum absolute atomic E-state index is 6.10. The lowest BCUT2D eigenvalue weighted by Gasteiger charge is -2.32. The molecule has 0 unspecified atom stereocenters. The molecule has 0 radical (unpaired) electrons. The number of benzene rings is 1. The van der Waals surface area contributed by atoms with Crippen LogP contribution in [-0.4, -0.2) is 28.1 Å². The van der Waals surface area contributed by atoms with Crippen LogP contribution in [0.15, 0.2) is 24.4 Å². The molecule has 3 rings (SSSR count). The standard InChI is InChI=1S/C16H23BN2O2/c1-11(2)19-10-12-9-13(7-8-14(12)18-19)17-20-15(3,4)16(5,6)21-17/h7-11H,1-6H3. The molecule has 1 aliphatic heterocycles. The van der Waals surface area contributed by atoms with E-state index in [0.717, 1.165) is 16.4 Å². The fourth-order valence-electron chi connectivity index (χ4n) is 2.45. The fourth-order valence-corrected chi connectivity index (χ4v) is 2.45. The van der Waals surface area contributed by atoms with Crippen molar-refractivity contribution in [1.29, 1.82) is 0 Å². The zero-order valence-electron chi connectivity index (χ0n) is 13.7. The van der Waals surface area contributed by atoms with Crippen molar-refractivity contribution in [2.45, 2.75) is 58.8 Å². The highest BCUT2D eigenvalue weighted by molar-refractivity contribution is 6.62. The number of hydrogen-bond acceptors (Lipinski definition) is 3. The molecular formula is C16H23BN2O2. The van der Waals surface area contributed by atoms with E-state index < -0.39 is 0 Å². The van der Waals surface area contributed by atoms with Gasteiger partial charge in [-0.1, -0.05) is 12.1 Å². The van der Waals surface area contributed by atoms with Crippen molar-refractivity contribution in [3.8, 4) is 0 Å².